The van der Waals surface area contributed by atoms with Gasteiger partial charge in [-0.15, -0.1) is 11.8 Å². The number of aliphatic carboxylic acids is 1. The van der Waals surface area contributed by atoms with E-state index in [4.69, 9.17) is 0 Å². The number of hydrogen-bond donors (Lipinski definition) is 1. The van der Waals surface area contributed by atoms with E-state index in [1.807, 2.05) is 14.0 Å². The monoisotopic (exact) mass is 314 g/mol. The Bertz CT molecular complexity index is 396. The molecule has 0 aromatic heterocycles. The molecule has 1 N–H and O–H groups in total. The van der Waals surface area contributed by atoms with Gasteiger partial charge in [0, 0.05) is 18.8 Å². The Balaban J connectivity index is 2.07. The molecular weight excluding hydrogens is 288 g/mol. The van der Waals surface area contributed by atoms with E-state index >= 15 is 0 Å². The molecule has 0 aromatic rings. The first-order chi connectivity index (χ1) is 9.95. The van der Waals surface area contributed by atoms with Gasteiger partial charge in [0.15, 0.2) is 0 Å². The van der Waals surface area contributed by atoms with Crippen molar-refractivity contribution in [2.75, 3.05) is 12.8 Å². The predicted octanol–water partition coefficient (Wildman–Crippen LogP) is 2.86. The summed E-state index contributed by atoms with van der Waals surface area (Å²) in [6, 6.07) is -0.539. The largest absolute Gasteiger partial charge is 0.480 e. The average molecular weight is 314 g/mol. The van der Waals surface area contributed by atoms with Crippen LogP contribution in [0.5, 0.6) is 0 Å². The smallest absolute Gasteiger partial charge is 0.327 e. The standard InChI is InChI=1S/C15H26N2O3S/c1-4-13-17(12(9-21-13)14(18)19)15(20)16(3)11-7-5-10(2)6-8-11/h10-13H,4-9H2,1-3H3,(H,18,19). The Morgan fingerprint density at radius 1 is 1.29 bits per heavy atom. The third kappa shape index (κ3) is 3.47. The number of rotatable bonds is 3. The molecule has 0 aromatic carbocycles. The summed E-state index contributed by atoms with van der Waals surface area (Å²) >= 11 is 1.58. The fourth-order valence-electron chi connectivity index (χ4n) is 3.29. The number of carbonyl (C=O) groups excluding carboxylic acids is 1. The third-order valence-corrected chi connectivity index (χ3v) is 6.24. The number of carboxylic acids is 1. The topological polar surface area (TPSA) is 60.9 Å². The molecule has 0 spiro atoms. The SMILES string of the molecule is CCC1SCC(C(=O)O)N1C(=O)N(C)C1CCC(C)CC1. The van der Waals surface area contributed by atoms with Crippen LogP contribution in [0.1, 0.15) is 46.0 Å². The van der Waals surface area contributed by atoms with Crippen molar-refractivity contribution in [1.82, 2.24) is 9.80 Å². The van der Waals surface area contributed by atoms with Crippen molar-refractivity contribution in [1.29, 1.82) is 0 Å². The molecule has 0 bridgehead atoms. The summed E-state index contributed by atoms with van der Waals surface area (Å²) < 4.78 is 0. The van der Waals surface area contributed by atoms with Crippen LogP contribution in [0, 0.1) is 5.92 Å². The van der Waals surface area contributed by atoms with Gasteiger partial charge in [-0.05, 0) is 38.0 Å². The number of hydrogen-bond acceptors (Lipinski definition) is 3. The van der Waals surface area contributed by atoms with E-state index in [0.717, 1.165) is 38.0 Å². The normalized spacial score (nSPS) is 33.0. The lowest BCUT2D eigenvalue weighted by atomic mass is 9.87. The summed E-state index contributed by atoms with van der Waals surface area (Å²) in [7, 11) is 1.83. The molecule has 1 aliphatic carbocycles. The van der Waals surface area contributed by atoms with Crippen molar-refractivity contribution in [3.8, 4) is 0 Å². The van der Waals surface area contributed by atoms with Gasteiger partial charge in [-0.3, -0.25) is 4.90 Å². The quantitative estimate of drug-likeness (QED) is 0.870. The molecule has 2 aliphatic rings. The Kier molecular flexibility index (Phi) is 5.41. The highest BCUT2D eigenvalue weighted by Crippen LogP contribution is 2.34. The van der Waals surface area contributed by atoms with Gasteiger partial charge in [0.1, 0.15) is 6.04 Å². The first kappa shape index (κ1) is 16.5. The van der Waals surface area contributed by atoms with Gasteiger partial charge in [-0.1, -0.05) is 13.8 Å². The average Bonchev–Trinajstić information content (AvgIpc) is 2.90. The van der Waals surface area contributed by atoms with Crippen LogP contribution in [0.2, 0.25) is 0 Å². The maximum Gasteiger partial charge on any atom is 0.327 e. The van der Waals surface area contributed by atoms with Crippen molar-refractivity contribution in [3.63, 3.8) is 0 Å². The molecule has 6 heteroatoms. The molecular formula is C15H26N2O3S. The van der Waals surface area contributed by atoms with Crippen molar-refractivity contribution >= 4 is 23.8 Å². The van der Waals surface area contributed by atoms with Crippen LogP contribution in [0.3, 0.4) is 0 Å². The first-order valence-electron chi connectivity index (χ1n) is 7.85. The van der Waals surface area contributed by atoms with Gasteiger partial charge >= 0.3 is 12.0 Å². The van der Waals surface area contributed by atoms with E-state index in [2.05, 4.69) is 6.92 Å². The van der Waals surface area contributed by atoms with E-state index in [1.165, 1.54) is 0 Å². The number of urea groups is 1. The van der Waals surface area contributed by atoms with Gasteiger partial charge in [0.05, 0.1) is 5.37 Å². The Morgan fingerprint density at radius 3 is 2.43 bits per heavy atom. The van der Waals surface area contributed by atoms with E-state index in [1.54, 1.807) is 21.6 Å². The molecule has 0 radical (unpaired) electrons. The van der Waals surface area contributed by atoms with E-state index in [-0.39, 0.29) is 17.4 Å². The van der Waals surface area contributed by atoms with Gasteiger partial charge < -0.3 is 10.0 Å². The second kappa shape index (κ2) is 6.90. The zero-order valence-electron chi connectivity index (χ0n) is 13.1. The summed E-state index contributed by atoms with van der Waals surface area (Å²) in [6.45, 7) is 4.26. The Morgan fingerprint density at radius 2 is 1.90 bits per heavy atom. The predicted molar refractivity (Wildman–Crippen MR) is 84.4 cm³/mol. The van der Waals surface area contributed by atoms with Crippen LogP contribution in [0.15, 0.2) is 0 Å². The molecule has 21 heavy (non-hydrogen) atoms. The molecule has 2 amide bonds. The third-order valence-electron chi connectivity index (χ3n) is 4.78. The lowest BCUT2D eigenvalue weighted by molar-refractivity contribution is -0.141. The van der Waals surface area contributed by atoms with Crippen LogP contribution in [0.4, 0.5) is 4.79 Å². The maximum absolute atomic E-state index is 12.8. The fraction of sp³-hybridized carbons (Fsp3) is 0.867. The van der Waals surface area contributed by atoms with E-state index in [9.17, 15) is 14.7 Å². The Hall–Kier alpha value is -0.910. The molecule has 1 saturated heterocycles. The minimum absolute atomic E-state index is 0.0106. The lowest BCUT2D eigenvalue weighted by Crippen LogP contribution is -2.53. The van der Waals surface area contributed by atoms with Crippen LogP contribution in [-0.4, -0.2) is 57.2 Å². The number of carbonyl (C=O) groups is 2. The molecule has 1 saturated carbocycles. The molecule has 1 heterocycles. The molecule has 120 valence electrons. The van der Waals surface area contributed by atoms with Gasteiger partial charge in [0.2, 0.25) is 0 Å². The van der Waals surface area contributed by atoms with Crippen LogP contribution >= 0.6 is 11.8 Å². The molecule has 2 unspecified atom stereocenters. The molecule has 2 atom stereocenters. The number of amides is 2. The van der Waals surface area contributed by atoms with Crippen LogP contribution in [-0.2, 0) is 4.79 Å². The van der Waals surface area contributed by atoms with Gasteiger partial charge in [-0.25, -0.2) is 9.59 Å². The highest BCUT2D eigenvalue weighted by Gasteiger charge is 2.43. The van der Waals surface area contributed by atoms with Crippen molar-refractivity contribution < 1.29 is 14.7 Å². The molecule has 1 aliphatic heterocycles. The summed E-state index contributed by atoms with van der Waals surface area (Å²) in [6.07, 6.45) is 5.14. The molecule has 2 rings (SSSR count). The van der Waals surface area contributed by atoms with Crippen molar-refractivity contribution in [2.24, 2.45) is 5.92 Å². The zero-order chi connectivity index (χ0) is 15.6. The van der Waals surface area contributed by atoms with Crippen molar-refractivity contribution in [3.05, 3.63) is 0 Å². The molecule has 2 fully saturated rings. The van der Waals surface area contributed by atoms with E-state index < -0.39 is 12.0 Å². The number of nitrogens with zero attached hydrogens (tertiary/aromatic N) is 2. The number of carboxylic acid groups (broad SMARTS) is 1. The fourth-order valence-corrected chi connectivity index (χ4v) is 4.63. The van der Waals surface area contributed by atoms with Gasteiger partial charge in [-0.2, -0.15) is 0 Å². The van der Waals surface area contributed by atoms with Crippen LogP contribution in [0.25, 0.3) is 0 Å². The zero-order valence-corrected chi connectivity index (χ0v) is 13.9. The molecule has 5 nitrogen and oxygen atoms in total. The summed E-state index contributed by atoms with van der Waals surface area (Å²) in [4.78, 5) is 27.6. The highest BCUT2D eigenvalue weighted by molar-refractivity contribution is 8.00. The van der Waals surface area contributed by atoms with E-state index in [0.29, 0.717) is 5.75 Å². The summed E-state index contributed by atoms with van der Waals surface area (Å²) in [5.74, 6) is 0.342. The number of thioether (sulfide) groups is 1. The minimum Gasteiger partial charge on any atom is -0.480 e. The first-order valence-corrected chi connectivity index (χ1v) is 8.90. The second-order valence-corrected chi connectivity index (χ2v) is 7.48. The summed E-state index contributed by atoms with van der Waals surface area (Å²) in [5.41, 5.74) is 0. The Labute approximate surface area is 131 Å². The summed E-state index contributed by atoms with van der Waals surface area (Å²) in [5, 5.41) is 9.34. The maximum atomic E-state index is 12.8. The van der Waals surface area contributed by atoms with Crippen molar-refractivity contribution in [2.45, 2.75) is 63.4 Å². The highest BCUT2D eigenvalue weighted by atomic mass is 32.2. The van der Waals surface area contributed by atoms with Crippen LogP contribution < -0.4 is 0 Å². The second-order valence-electron chi connectivity index (χ2n) is 6.26. The van der Waals surface area contributed by atoms with Gasteiger partial charge in [0.25, 0.3) is 0 Å². The lowest BCUT2D eigenvalue weighted by Gasteiger charge is -2.38. The minimum atomic E-state index is -0.891.